The maximum atomic E-state index is 12.6. The van der Waals surface area contributed by atoms with Crippen molar-refractivity contribution in [1.82, 2.24) is 16.4 Å². The van der Waals surface area contributed by atoms with Crippen molar-refractivity contribution >= 4 is 29.7 Å². The molecule has 0 aliphatic carbocycles. The van der Waals surface area contributed by atoms with Gasteiger partial charge in [0.05, 0.1) is 26.4 Å². The molecule has 0 spiro atoms. The molecule has 1 heterocycles. The van der Waals surface area contributed by atoms with Gasteiger partial charge in [0.25, 0.3) is 11.8 Å². The van der Waals surface area contributed by atoms with E-state index in [4.69, 9.17) is 18.9 Å². The summed E-state index contributed by atoms with van der Waals surface area (Å²) in [6, 6.07) is 0. The number of imide groups is 1. The molecular formula is C42H77N3O9. The lowest BCUT2D eigenvalue weighted by atomic mass is 10.1. The SMILES string of the molecule is CCCCCCCCCCCCCC(=O)OCC(COCCOCCNC(=O)CCN1C(=O)C=CC1=O)OC(=O)CCCCCCCCCCCCC.N. The topological polar surface area (TPSA) is 173 Å². The molecule has 0 saturated heterocycles. The summed E-state index contributed by atoms with van der Waals surface area (Å²) in [6.45, 7) is 5.57. The summed E-state index contributed by atoms with van der Waals surface area (Å²) in [5.74, 6) is -1.70. The average Bonchev–Trinajstić information content (AvgIpc) is 3.47. The van der Waals surface area contributed by atoms with Crippen molar-refractivity contribution in [2.24, 2.45) is 0 Å². The van der Waals surface area contributed by atoms with Crippen molar-refractivity contribution < 1.29 is 42.9 Å². The second-order valence-electron chi connectivity index (χ2n) is 14.3. The largest absolute Gasteiger partial charge is 0.462 e. The van der Waals surface area contributed by atoms with Gasteiger partial charge in [-0.3, -0.25) is 28.9 Å². The van der Waals surface area contributed by atoms with Gasteiger partial charge in [-0.1, -0.05) is 142 Å². The molecule has 0 bridgehead atoms. The van der Waals surface area contributed by atoms with Crippen molar-refractivity contribution in [3.05, 3.63) is 12.2 Å². The highest BCUT2D eigenvalue weighted by Crippen LogP contribution is 2.14. The smallest absolute Gasteiger partial charge is 0.306 e. The van der Waals surface area contributed by atoms with E-state index >= 15 is 0 Å². The fourth-order valence-electron chi connectivity index (χ4n) is 6.14. The van der Waals surface area contributed by atoms with Crippen molar-refractivity contribution in [3.8, 4) is 0 Å². The van der Waals surface area contributed by atoms with Gasteiger partial charge in [-0.2, -0.15) is 0 Å². The second kappa shape index (κ2) is 37.1. The van der Waals surface area contributed by atoms with E-state index in [0.717, 1.165) is 43.4 Å². The Morgan fingerprint density at radius 2 is 1.02 bits per heavy atom. The van der Waals surface area contributed by atoms with Crippen LogP contribution in [0.25, 0.3) is 0 Å². The number of hydrogen-bond donors (Lipinski definition) is 2. The Hall–Kier alpha value is -2.83. The van der Waals surface area contributed by atoms with Crippen molar-refractivity contribution in [2.75, 3.05) is 46.1 Å². The molecule has 3 amide bonds. The fraction of sp³-hybridized carbons (Fsp3) is 0.833. The number of carbonyl (C=O) groups excluding carboxylic acids is 5. The van der Waals surface area contributed by atoms with E-state index in [1.165, 1.54) is 115 Å². The van der Waals surface area contributed by atoms with Crippen molar-refractivity contribution in [2.45, 2.75) is 180 Å². The van der Waals surface area contributed by atoms with Crippen LogP contribution in [0, 0.1) is 0 Å². The number of hydrogen-bond acceptors (Lipinski definition) is 10. The Kier molecular flexibility index (Phi) is 35.2. The first-order chi connectivity index (χ1) is 25.9. The Morgan fingerprint density at radius 1 is 0.574 bits per heavy atom. The van der Waals surface area contributed by atoms with E-state index in [9.17, 15) is 24.0 Å². The Balaban J connectivity index is 0.0000281. The summed E-state index contributed by atoms with van der Waals surface area (Å²) in [5, 5.41) is 2.69. The zero-order valence-corrected chi connectivity index (χ0v) is 34.2. The zero-order chi connectivity index (χ0) is 38.6. The molecule has 0 aromatic rings. The third kappa shape index (κ3) is 30.5. The number of nitrogens with one attached hydrogen (secondary N) is 1. The fourth-order valence-corrected chi connectivity index (χ4v) is 6.14. The van der Waals surface area contributed by atoms with Crippen molar-refractivity contribution in [3.63, 3.8) is 0 Å². The van der Waals surface area contributed by atoms with Gasteiger partial charge in [-0.15, -0.1) is 0 Å². The van der Waals surface area contributed by atoms with Crippen LogP contribution >= 0.6 is 0 Å². The average molecular weight is 768 g/mol. The molecule has 0 saturated carbocycles. The number of rotatable bonds is 38. The van der Waals surface area contributed by atoms with E-state index in [0.29, 0.717) is 12.8 Å². The molecule has 12 heteroatoms. The maximum absolute atomic E-state index is 12.6. The van der Waals surface area contributed by atoms with Crippen LogP contribution in [0.15, 0.2) is 12.2 Å². The zero-order valence-electron chi connectivity index (χ0n) is 34.2. The van der Waals surface area contributed by atoms with Crippen LogP contribution in [0.3, 0.4) is 0 Å². The maximum Gasteiger partial charge on any atom is 0.306 e. The molecule has 1 aliphatic heterocycles. The normalized spacial score (nSPS) is 12.9. The van der Waals surface area contributed by atoms with Crippen LogP contribution in [-0.4, -0.2) is 86.8 Å². The number of amides is 3. The van der Waals surface area contributed by atoms with E-state index in [1.54, 1.807) is 0 Å². The van der Waals surface area contributed by atoms with Crippen molar-refractivity contribution in [1.29, 1.82) is 0 Å². The molecule has 4 N–H and O–H groups in total. The van der Waals surface area contributed by atoms with Crippen LogP contribution in [0.5, 0.6) is 0 Å². The summed E-state index contributed by atoms with van der Waals surface area (Å²) >= 11 is 0. The molecule has 314 valence electrons. The number of unbranched alkanes of at least 4 members (excludes halogenated alkanes) is 20. The van der Waals surface area contributed by atoms with Crippen LogP contribution in [0.1, 0.15) is 174 Å². The molecule has 1 rings (SSSR count). The molecule has 0 radical (unpaired) electrons. The summed E-state index contributed by atoms with van der Waals surface area (Å²) in [6.07, 6.45) is 28.9. The minimum atomic E-state index is -0.694. The first-order valence-corrected chi connectivity index (χ1v) is 21.2. The van der Waals surface area contributed by atoms with Gasteiger partial charge in [-0.05, 0) is 12.8 Å². The first-order valence-electron chi connectivity index (χ1n) is 21.2. The third-order valence-corrected chi connectivity index (χ3v) is 9.40. The lowest BCUT2D eigenvalue weighted by Gasteiger charge is -2.18. The van der Waals surface area contributed by atoms with Crippen LogP contribution in [0.4, 0.5) is 0 Å². The van der Waals surface area contributed by atoms with E-state index in [-0.39, 0.29) is 76.5 Å². The molecule has 0 fully saturated rings. The Bertz CT molecular complexity index is 990. The lowest BCUT2D eigenvalue weighted by molar-refractivity contribution is -0.163. The second-order valence-corrected chi connectivity index (χ2v) is 14.3. The number of nitrogens with zero attached hydrogens (tertiary/aromatic N) is 1. The highest BCUT2D eigenvalue weighted by molar-refractivity contribution is 6.13. The van der Waals surface area contributed by atoms with Gasteiger partial charge >= 0.3 is 11.9 Å². The molecule has 1 unspecified atom stereocenters. The number of carbonyl (C=O) groups is 5. The summed E-state index contributed by atoms with van der Waals surface area (Å²) in [4.78, 5) is 61.3. The molecule has 1 atom stereocenters. The summed E-state index contributed by atoms with van der Waals surface area (Å²) in [5.41, 5.74) is 0. The minimum Gasteiger partial charge on any atom is -0.462 e. The van der Waals surface area contributed by atoms with Crippen LogP contribution in [-0.2, 0) is 42.9 Å². The highest BCUT2D eigenvalue weighted by Gasteiger charge is 2.23. The van der Waals surface area contributed by atoms with Gasteiger partial charge in [-0.25, -0.2) is 0 Å². The van der Waals surface area contributed by atoms with E-state index in [1.807, 2.05) is 0 Å². The third-order valence-electron chi connectivity index (χ3n) is 9.40. The predicted octanol–water partition coefficient (Wildman–Crippen LogP) is 8.47. The molecule has 1 aliphatic rings. The van der Waals surface area contributed by atoms with Gasteiger partial charge in [0.1, 0.15) is 6.61 Å². The van der Waals surface area contributed by atoms with Gasteiger partial charge in [0.15, 0.2) is 6.10 Å². The lowest BCUT2D eigenvalue weighted by Crippen LogP contribution is -2.35. The monoisotopic (exact) mass is 768 g/mol. The molecule has 0 aromatic carbocycles. The summed E-state index contributed by atoms with van der Waals surface area (Å²) < 4.78 is 22.4. The predicted molar refractivity (Wildman–Crippen MR) is 213 cm³/mol. The summed E-state index contributed by atoms with van der Waals surface area (Å²) in [7, 11) is 0. The molecule has 54 heavy (non-hydrogen) atoms. The van der Waals surface area contributed by atoms with E-state index < -0.39 is 17.9 Å². The van der Waals surface area contributed by atoms with Gasteiger partial charge in [0.2, 0.25) is 5.91 Å². The number of ether oxygens (including phenoxy) is 4. The highest BCUT2D eigenvalue weighted by atomic mass is 16.6. The van der Waals surface area contributed by atoms with Crippen LogP contribution < -0.4 is 11.5 Å². The standard InChI is InChI=1S/C42H74N2O9.H3N/c1-3-5-7-9-11-13-15-17-19-21-23-25-41(48)52-36-37(53-42(49)26-24-22-20-18-16-14-12-10-8-6-4-2)35-51-34-33-50-32-30-43-38(45)29-31-44-39(46)27-28-40(44)47;/h27-28,37H,3-26,29-36H2,1-2H3,(H,43,45);1H3. The first kappa shape index (κ1) is 51.2. The molecule has 0 aromatic heterocycles. The van der Waals surface area contributed by atoms with Gasteiger partial charge < -0.3 is 30.4 Å². The molecular weight excluding hydrogens is 690 g/mol. The van der Waals surface area contributed by atoms with E-state index in [2.05, 4.69) is 19.2 Å². The molecule has 12 nitrogen and oxygen atoms in total. The Morgan fingerprint density at radius 3 is 1.52 bits per heavy atom. The Labute approximate surface area is 327 Å². The minimum absolute atomic E-state index is 0. The van der Waals surface area contributed by atoms with Gasteiger partial charge in [0, 0.05) is 44.5 Å². The van der Waals surface area contributed by atoms with Crippen LogP contribution in [0.2, 0.25) is 0 Å². The number of esters is 2. The quantitative estimate of drug-likeness (QED) is 0.0353.